The zero-order valence-corrected chi connectivity index (χ0v) is 7.78. The molecule has 0 N–H and O–H groups in total. The Morgan fingerprint density at radius 2 is 1.77 bits per heavy atom. The van der Waals surface area contributed by atoms with Crippen molar-refractivity contribution in [2.45, 2.75) is 38.2 Å². The maximum absolute atomic E-state index is 5.82. The topological polar surface area (TPSA) is 22.1 Å². The van der Waals surface area contributed by atoms with E-state index in [0.29, 0.717) is 6.10 Å². The number of pyridine rings is 1. The molecule has 0 bridgehead atoms. The Morgan fingerprint density at radius 3 is 2.46 bits per heavy atom. The quantitative estimate of drug-likeness (QED) is 0.693. The fraction of sp³-hybridized carbons (Fsp3) is 0.545. The highest BCUT2D eigenvalue weighted by Gasteiger charge is 2.14. The minimum absolute atomic E-state index is 0.441. The lowest BCUT2D eigenvalue weighted by Gasteiger charge is -2.22. The molecule has 0 aromatic carbocycles. The molecule has 2 nitrogen and oxygen atoms in total. The SMILES string of the molecule is c1cc(OC2CCCCC2)ccn1. The molecule has 1 aromatic heterocycles. The predicted molar refractivity (Wildman–Crippen MR) is 51.7 cm³/mol. The van der Waals surface area contributed by atoms with Crippen LogP contribution < -0.4 is 4.74 Å². The van der Waals surface area contributed by atoms with Gasteiger partial charge in [0.15, 0.2) is 0 Å². The van der Waals surface area contributed by atoms with Crippen molar-refractivity contribution in [2.24, 2.45) is 0 Å². The zero-order chi connectivity index (χ0) is 8.93. The van der Waals surface area contributed by atoms with Crippen LogP contribution in [0, 0.1) is 0 Å². The Balaban J connectivity index is 1.90. The summed E-state index contributed by atoms with van der Waals surface area (Å²) in [5.41, 5.74) is 0. The molecule has 0 aliphatic heterocycles. The van der Waals surface area contributed by atoms with Crippen molar-refractivity contribution in [3.63, 3.8) is 0 Å². The van der Waals surface area contributed by atoms with Crippen molar-refractivity contribution in [2.75, 3.05) is 0 Å². The lowest BCUT2D eigenvalue weighted by molar-refractivity contribution is 0.155. The van der Waals surface area contributed by atoms with Gasteiger partial charge in [-0.1, -0.05) is 6.42 Å². The summed E-state index contributed by atoms with van der Waals surface area (Å²) in [6.07, 6.45) is 10.4. The van der Waals surface area contributed by atoms with E-state index in [1.165, 1.54) is 32.1 Å². The third-order valence-electron chi connectivity index (χ3n) is 2.50. The summed E-state index contributed by atoms with van der Waals surface area (Å²) in [6, 6.07) is 3.85. The molecule has 1 fully saturated rings. The molecule has 1 aliphatic rings. The Labute approximate surface area is 78.9 Å². The number of hydrogen-bond donors (Lipinski definition) is 0. The molecular weight excluding hydrogens is 162 g/mol. The molecule has 13 heavy (non-hydrogen) atoms. The van der Waals surface area contributed by atoms with Crippen LogP contribution in [-0.4, -0.2) is 11.1 Å². The van der Waals surface area contributed by atoms with Gasteiger partial charge in [-0.15, -0.1) is 0 Å². The summed E-state index contributed by atoms with van der Waals surface area (Å²) in [5, 5.41) is 0. The summed E-state index contributed by atoms with van der Waals surface area (Å²) < 4.78 is 5.82. The molecule has 0 radical (unpaired) electrons. The number of rotatable bonds is 2. The third-order valence-corrected chi connectivity index (χ3v) is 2.50. The third kappa shape index (κ3) is 2.44. The molecule has 1 heterocycles. The molecule has 1 aromatic rings. The van der Waals surface area contributed by atoms with E-state index in [0.717, 1.165) is 5.75 Å². The number of hydrogen-bond acceptors (Lipinski definition) is 2. The first-order valence-electron chi connectivity index (χ1n) is 5.02. The molecule has 0 atom stereocenters. The van der Waals surface area contributed by atoms with Crippen molar-refractivity contribution in [1.82, 2.24) is 4.98 Å². The van der Waals surface area contributed by atoms with Crippen LogP contribution in [0.1, 0.15) is 32.1 Å². The van der Waals surface area contributed by atoms with Crippen LogP contribution in [0.5, 0.6) is 5.75 Å². The van der Waals surface area contributed by atoms with E-state index < -0.39 is 0 Å². The number of aromatic nitrogens is 1. The van der Waals surface area contributed by atoms with E-state index in [9.17, 15) is 0 Å². The van der Waals surface area contributed by atoms with Gasteiger partial charge in [-0.25, -0.2) is 0 Å². The largest absolute Gasteiger partial charge is 0.490 e. The Bertz CT molecular complexity index is 242. The van der Waals surface area contributed by atoms with Crippen LogP contribution in [0.25, 0.3) is 0 Å². The summed E-state index contributed by atoms with van der Waals surface area (Å²) in [4.78, 5) is 3.96. The van der Waals surface area contributed by atoms with Gasteiger partial charge < -0.3 is 4.74 Å². The molecule has 1 aliphatic carbocycles. The first-order chi connectivity index (χ1) is 6.45. The van der Waals surface area contributed by atoms with E-state index in [1.807, 2.05) is 12.1 Å². The molecule has 1 saturated carbocycles. The van der Waals surface area contributed by atoms with Gasteiger partial charge >= 0.3 is 0 Å². The van der Waals surface area contributed by atoms with Crippen LogP contribution in [0.4, 0.5) is 0 Å². The van der Waals surface area contributed by atoms with Crippen molar-refractivity contribution in [3.8, 4) is 5.75 Å². The maximum atomic E-state index is 5.82. The Morgan fingerprint density at radius 1 is 1.08 bits per heavy atom. The average Bonchev–Trinajstić information content (AvgIpc) is 2.21. The monoisotopic (exact) mass is 177 g/mol. The molecule has 0 unspecified atom stereocenters. The molecule has 0 spiro atoms. The van der Waals surface area contributed by atoms with Crippen molar-refractivity contribution >= 4 is 0 Å². The molecular formula is C11H15NO. The standard InChI is InChI=1S/C11H15NO/c1-2-4-10(5-3-1)13-11-6-8-12-9-7-11/h6-10H,1-5H2. The van der Waals surface area contributed by atoms with Crippen LogP contribution in [-0.2, 0) is 0 Å². The molecule has 0 amide bonds. The second-order valence-electron chi connectivity index (χ2n) is 3.56. The van der Waals surface area contributed by atoms with Gasteiger partial charge in [-0.2, -0.15) is 0 Å². The van der Waals surface area contributed by atoms with Gasteiger partial charge in [0.25, 0.3) is 0 Å². The minimum Gasteiger partial charge on any atom is -0.490 e. The summed E-state index contributed by atoms with van der Waals surface area (Å²) in [7, 11) is 0. The Hall–Kier alpha value is -1.05. The van der Waals surface area contributed by atoms with Crippen LogP contribution >= 0.6 is 0 Å². The smallest absolute Gasteiger partial charge is 0.122 e. The average molecular weight is 177 g/mol. The van der Waals surface area contributed by atoms with E-state index in [1.54, 1.807) is 12.4 Å². The lowest BCUT2D eigenvalue weighted by atomic mass is 9.98. The predicted octanol–water partition coefficient (Wildman–Crippen LogP) is 2.79. The van der Waals surface area contributed by atoms with Gasteiger partial charge in [0, 0.05) is 12.4 Å². The lowest BCUT2D eigenvalue weighted by Crippen LogP contribution is -2.19. The normalized spacial score (nSPS) is 18.5. The van der Waals surface area contributed by atoms with Crippen molar-refractivity contribution in [3.05, 3.63) is 24.5 Å². The van der Waals surface area contributed by atoms with Gasteiger partial charge in [0.2, 0.25) is 0 Å². The first kappa shape index (κ1) is 8.54. The number of nitrogens with zero attached hydrogens (tertiary/aromatic N) is 1. The molecule has 2 heteroatoms. The summed E-state index contributed by atoms with van der Waals surface area (Å²) in [6.45, 7) is 0. The highest BCUT2D eigenvalue weighted by atomic mass is 16.5. The highest BCUT2D eigenvalue weighted by Crippen LogP contribution is 2.22. The van der Waals surface area contributed by atoms with Gasteiger partial charge in [0.05, 0.1) is 6.10 Å². The fourth-order valence-corrected chi connectivity index (χ4v) is 1.79. The summed E-state index contributed by atoms with van der Waals surface area (Å²) in [5.74, 6) is 0.960. The highest BCUT2D eigenvalue weighted by molar-refractivity contribution is 5.17. The second kappa shape index (κ2) is 4.26. The zero-order valence-electron chi connectivity index (χ0n) is 7.78. The van der Waals surface area contributed by atoms with E-state index in [4.69, 9.17) is 4.74 Å². The van der Waals surface area contributed by atoms with Gasteiger partial charge in [-0.3, -0.25) is 4.98 Å². The van der Waals surface area contributed by atoms with Gasteiger partial charge in [0.1, 0.15) is 5.75 Å². The van der Waals surface area contributed by atoms with Gasteiger partial charge in [-0.05, 0) is 37.8 Å². The maximum Gasteiger partial charge on any atom is 0.122 e. The minimum atomic E-state index is 0.441. The van der Waals surface area contributed by atoms with Crippen LogP contribution in [0.15, 0.2) is 24.5 Å². The Kier molecular flexibility index (Phi) is 2.80. The number of ether oxygens (including phenoxy) is 1. The van der Waals surface area contributed by atoms with Crippen molar-refractivity contribution < 1.29 is 4.74 Å². The first-order valence-corrected chi connectivity index (χ1v) is 5.02. The molecule has 70 valence electrons. The van der Waals surface area contributed by atoms with Crippen LogP contribution in [0.2, 0.25) is 0 Å². The fourth-order valence-electron chi connectivity index (χ4n) is 1.79. The summed E-state index contributed by atoms with van der Waals surface area (Å²) >= 11 is 0. The van der Waals surface area contributed by atoms with Crippen molar-refractivity contribution in [1.29, 1.82) is 0 Å². The molecule has 2 rings (SSSR count). The van der Waals surface area contributed by atoms with E-state index in [-0.39, 0.29) is 0 Å². The second-order valence-corrected chi connectivity index (χ2v) is 3.56. The van der Waals surface area contributed by atoms with Crippen LogP contribution in [0.3, 0.4) is 0 Å². The molecule has 0 saturated heterocycles. The van der Waals surface area contributed by atoms with E-state index in [2.05, 4.69) is 4.98 Å². The van der Waals surface area contributed by atoms with E-state index >= 15 is 0 Å².